The van der Waals surface area contributed by atoms with E-state index >= 15 is 0 Å². The van der Waals surface area contributed by atoms with Gasteiger partial charge in [-0.1, -0.05) is 20.8 Å². The minimum Gasteiger partial charge on any atom is -0.383 e. The highest BCUT2D eigenvalue weighted by Gasteiger charge is 2.28. The summed E-state index contributed by atoms with van der Waals surface area (Å²) < 4.78 is 1.49. The lowest BCUT2D eigenvalue weighted by Gasteiger charge is -2.33. The van der Waals surface area contributed by atoms with E-state index in [1.165, 1.54) is 10.9 Å². The predicted octanol–water partition coefficient (Wildman–Crippen LogP) is 1.95. The van der Waals surface area contributed by atoms with E-state index in [2.05, 4.69) is 31.2 Å². The molecule has 0 fully saturated rings. The highest BCUT2D eigenvalue weighted by molar-refractivity contribution is 5.98. The van der Waals surface area contributed by atoms with E-state index in [0.717, 1.165) is 6.42 Å². The van der Waals surface area contributed by atoms with Crippen LogP contribution in [0.1, 0.15) is 51.4 Å². The Morgan fingerprint density at radius 3 is 2.33 bits per heavy atom. The van der Waals surface area contributed by atoms with E-state index in [4.69, 9.17) is 5.73 Å². The topological polar surface area (TPSA) is 72.9 Å². The molecule has 1 aromatic rings. The third-order valence-electron chi connectivity index (χ3n) is 2.65. The number of anilines is 1. The number of carbonyl (C=O) groups excluding carboxylic acids is 1. The molecule has 0 aromatic carbocycles. The van der Waals surface area contributed by atoms with Crippen LogP contribution in [-0.4, -0.2) is 21.2 Å². The van der Waals surface area contributed by atoms with Gasteiger partial charge in [-0.2, -0.15) is 5.10 Å². The number of aromatic nitrogens is 2. The number of nitrogen functional groups attached to an aromatic ring is 1. The first-order valence-electron chi connectivity index (χ1n) is 6.12. The lowest BCUT2D eigenvalue weighted by atomic mass is 9.81. The van der Waals surface area contributed by atoms with Crippen molar-refractivity contribution in [2.75, 3.05) is 5.73 Å². The van der Waals surface area contributed by atoms with Crippen molar-refractivity contribution in [3.63, 3.8) is 0 Å². The number of amides is 1. The molecule has 0 spiro atoms. The van der Waals surface area contributed by atoms with E-state index in [0.29, 0.717) is 11.4 Å². The Bertz CT molecular complexity index is 440. The number of nitrogens with two attached hydrogens (primary N) is 1. The molecule has 5 heteroatoms. The van der Waals surface area contributed by atoms with Gasteiger partial charge in [-0.05, 0) is 25.7 Å². The van der Waals surface area contributed by atoms with Gasteiger partial charge in [0.1, 0.15) is 11.4 Å². The number of nitrogens with one attached hydrogen (secondary N) is 1. The van der Waals surface area contributed by atoms with Crippen LogP contribution in [0.25, 0.3) is 0 Å². The average molecular weight is 252 g/mol. The van der Waals surface area contributed by atoms with E-state index in [1.54, 1.807) is 7.05 Å². The molecule has 0 radical (unpaired) electrons. The van der Waals surface area contributed by atoms with Crippen LogP contribution in [-0.2, 0) is 7.05 Å². The summed E-state index contributed by atoms with van der Waals surface area (Å²) in [6, 6.07) is 0. The Labute approximate surface area is 109 Å². The molecular formula is C13H24N4O. The third kappa shape index (κ3) is 3.75. The maximum Gasteiger partial charge on any atom is 0.257 e. The Hall–Kier alpha value is -1.52. The molecule has 1 heterocycles. The van der Waals surface area contributed by atoms with Crippen LogP contribution in [0, 0.1) is 5.41 Å². The zero-order chi connectivity index (χ0) is 14.1. The van der Waals surface area contributed by atoms with E-state index in [-0.39, 0.29) is 16.9 Å². The first-order chi connectivity index (χ1) is 8.02. The molecule has 0 unspecified atom stereocenters. The molecule has 5 nitrogen and oxygen atoms in total. The van der Waals surface area contributed by atoms with Gasteiger partial charge in [0.15, 0.2) is 0 Å². The Morgan fingerprint density at radius 2 is 1.94 bits per heavy atom. The van der Waals surface area contributed by atoms with Crippen LogP contribution in [0.15, 0.2) is 6.20 Å². The van der Waals surface area contributed by atoms with Gasteiger partial charge in [-0.15, -0.1) is 0 Å². The quantitative estimate of drug-likeness (QED) is 0.863. The molecule has 3 N–H and O–H groups in total. The summed E-state index contributed by atoms with van der Waals surface area (Å²) in [5.41, 5.74) is 6.09. The molecular weight excluding hydrogens is 228 g/mol. The van der Waals surface area contributed by atoms with Crippen LogP contribution in [0.5, 0.6) is 0 Å². The van der Waals surface area contributed by atoms with Gasteiger partial charge in [0.2, 0.25) is 0 Å². The second-order valence-corrected chi connectivity index (χ2v) is 6.64. The standard InChI is InChI=1S/C13H24N4O/c1-12(2,3)8-13(4,5)16-11(18)9-7-15-17(6)10(9)14/h7H,8,14H2,1-6H3,(H,16,18). The molecule has 0 aliphatic heterocycles. The highest BCUT2D eigenvalue weighted by Crippen LogP contribution is 2.27. The van der Waals surface area contributed by atoms with E-state index in [9.17, 15) is 4.79 Å². The summed E-state index contributed by atoms with van der Waals surface area (Å²) in [5, 5.41) is 6.98. The lowest BCUT2D eigenvalue weighted by Crippen LogP contribution is -2.45. The van der Waals surface area contributed by atoms with E-state index in [1.807, 2.05) is 13.8 Å². The Kier molecular flexibility index (Phi) is 3.74. The second-order valence-electron chi connectivity index (χ2n) is 6.64. The number of hydrogen-bond acceptors (Lipinski definition) is 3. The largest absolute Gasteiger partial charge is 0.383 e. The van der Waals surface area contributed by atoms with Crippen molar-refractivity contribution in [3.05, 3.63) is 11.8 Å². The first-order valence-corrected chi connectivity index (χ1v) is 6.12. The van der Waals surface area contributed by atoms with Crippen molar-refractivity contribution in [1.29, 1.82) is 0 Å². The van der Waals surface area contributed by atoms with Crippen LogP contribution >= 0.6 is 0 Å². The van der Waals surface area contributed by atoms with Crippen molar-refractivity contribution >= 4 is 11.7 Å². The smallest absolute Gasteiger partial charge is 0.257 e. The molecule has 0 atom stereocenters. The minimum atomic E-state index is -0.280. The normalized spacial score (nSPS) is 12.6. The van der Waals surface area contributed by atoms with Crippen molar-refractivity contribution in [1.82, 2.24) is 15.1 Å². The Balaban J connectivity index is 2.79. The number of carbonyl (C=O) groups is 1. The molecule has 0 aliphatic carbocycles. The van der Waals surface area contributed by atoms with Crippen molar-refractivity contribution < 1.29 is 4.79 Å². The zero-order valence-electron chi connectivity index (χ0n) is 12.2. The fourth-order valence-electron chi connectivity index (χ4n) is 2.37. The predicted molar refractivity (Wildman–Crippen MR) is 73.2 cm³/mol. The molecule has 1 aromatic heterocycles. The summed E-state index contributed by atoms with van der Waals surface area (Å²) in [6.45, 7) is 10.5. The molecule has 1 rings (SSSR count). The van der Waals surface area contributed by atoms with Crippen LogP contribution < -0.4 is 11.1 Å². The van der Waals surface area contributed by atoms with E-state index < -0.39 is 0 Å². The van der Waals surface area contributed by atoms with Gasteiger partial charge in [-0.25, -0.2) is 0 Å². The Morgan fingerprint density at radius 1 is 1.39 bits per heavy atom. The summed E-state index contributed by atoms with van der Waals surface area (Å²) in [7, 11) is 1.71. The lowest BCUT2D eigenvalue weighted by molar-refractivity contribution is 0.0892. The number of rotatable bonds is 3. The van der Waals surface area contributed by atoms with Crippen molar-refractivity contribution in [2.24, 2.45) is 12.5 Å². The van der Waals surface area contributed by atoms with Crippen LogP contribution in [0.2, 0.25) is 0 Å². The summed E-state index contributed by atoms with van der Waals surface area (Å²) in [4.78, 5) is 12.1. The zero-order valence-corrected chi connectivity index (χ0v) is 12.2. The van der Waals surface area contributed by atoms with Crippen molar-refractivity contribution in [2.45, 2.75) is 46.6 Å². The molecule has 0 bridgehead atoms. The number of nitrogens with zero attached hydrogens (tertiary/aromatic N) is 2. The van der Waals surface area contributed by atoms with Gasteiger partial charge in [0.25, 0.3) is 5.91 Å². The summed E-state index contributed by atoms with van der Waals surface area (Å²) in [5.74, 6) is 0.217. The van der Waals surface area contributed by atoms with Gasteiger partial charge in [0.05, 0.1) is 6.20 Å². The van der Waals surface area contributed by atoms with Gasteiger partial charge < -0.3 is 11.1 Å². The third-order valence-corrected chi connectivity index (χ3v) is 2.65. The average Bonchev–Trinajstić information content (AvgIpc) is 2.42. The maximum absolute atomic E-state index is 12.1. The fourth-order valence-corrected chi connectivity index (χ4v) is 2.37. The van der Waals surface area contributed by atoms with Crippen LogP contribution in [0.3, 0.4) is 0 Å². The van der Waals surface area contributed by atoms with Gasteiger partial charge in [0, 0.05) is 12.6 Å². The highest BCUT2D eigenvalue weighted by atomic mass is 16.1. The molecule has 0 saturated heterocycles. The molecule has 0 aliphatic rings. The summed E-state index contributed by atoms with van der Waals surface area (Å²) >= 11 is 0. The van der Waals surface area contributed by atoms with Crippen molar-refractivity contribution in [3.8, 4) is 0 Å². The molecule has 1 amide bonds. The maximum atomic E-state index is 12.1. The van der Waals surface area contributed by atoms with Gasteiger partial charge in [-0.3, -0.25) is 9.48 Å². The SMILES string of the molecule is Cn1ncc(C(=O)NC(C)(C)CC(C)(C)C)c1N. The number of hydrogen-bond donors (Lipinski definition) is 2. The van der Waals surface area contributed by atoms with Crippen LogP contribution in [0.4, 0.5) is 5.82 Å². The second kappa shape index (κ2) is 4.63. The number of aryl methyl sites for hydroxylation is 1. The molecule has 18 heavy (non-hydrogen) atoms. The minimum absolute atomic E-state index is 0.150. The first kappa shape index (κ1) is 14.5. The summed E-state index contributed by atoms with van der Waals surface area (Å²) in [6.07, 6.45) is 2.38. The monoisotopic (exact) mass is 252 g/mol. The van der Waals surface area contributed by atoms with Gasteiger partial charge >= 0.3 is 0 Å². The molecule has 102 valence electrons. The molecule has 0 saturated carbocycles. The fraction of sp³-hybridized carbons (Fsp3) is 0.692.